The summed E-state index contributed by atoms with van der Waals surface area (Å²) in [5, 5.41) is 35.0. The van der Waals surface area contributed by atoms with E-state index in [4.69, 9.17) is 23.8 Å². The molecule has 2 aliphatic carbocycles. The van der Waals surface area contributed by atoms with Crippen LogP contribution in [0.25, 0.3) is 66.7 Å². The number of carbonyl (C=O) groups excluding carboxylic acids is 4. The number of amides is 4. The predicted molar refractivity (Wildman–Crippen MR) is 371 cm³/mol. The highest BCUT2D eigenvalue weighted by Crippen LogP contribution is 2.71. The number of ether oxygens (including phenoxy) is 1. The summed E-state index contributed by atoms with van der Waals surface area (Å²) >= 11 is 0. The fourth-order valence-electron chi connectivity index (χ4n) is 11.3. The first-order valence-electron chi connectivity index (χ1n) is 31.7. The van der Waals surface area contributed by atoms with Crippen molar-refractivity contribution in [2.45, 2.75) is 83.7 Å². The molecule has 103 heavy (non-hydrogen) atoms. The number of unbranched alkanes of at least 4 members (excludes halogenated alkanes) is 2. The van der Waals surface area contributed by atoms with Gasteiger partial charge in [-0.2, -0.15) is 12.9 Å². The molecule has 5 aromatic rings. The zero-order valence-electron chi connectivity index (χ0n) is 55.4. The molecule has 0 radical (unpaired) electrons. The SMILES string of the molecule is CCN=c1ccc2c(-c3ccc(C(=O)NCc4c(O)ccc5cc6ccc(=O)c(CNC(=O)CCC(=O)NCCCCCC(=O)NCC#Cc7cn([C@H]8CC[C@@H](COP(=O)(O)OP(=O)(O)OP(=O)(O)OP(=O)(O)OC)O8)c8ncnc(N)c78)c-6oc45)cc3C(=O)O)c3ccc(N(C)C)cc3oc-2c1. The standard InChI is InChI=1S/C65H70N10O24P4/c1-5-67-41-15-19-45-52(30-41)95-53-31-42(74(2)3)16-20-46(53)59(45)44-18-12-39(29-47(44)65(82)83)64(81)71-33-49-51(77)22-14-38-28-37-13-21-50(76)48(60(37)96-61(38)49)32-70-56(80)24-23-55(79)68-26-8-6-7-11-54(78)69-27-9-10-40-34-75(63-58(40)62(66)72-36-73-63)57-25-17-43(94-57)35-93-101(86,87)98-103(90,91)99-102(88,89)97-100(84,85)92-4/h12-16,18-22,28-31,34,36,43,57,77H,5-8,11,17,23-27,32-33,35H2,1-4H3,(H,68,79)(H,69,78)(H,70,80)(H,71,81)(H,82,83)(H,84,85)(H,86,87)(H,88,89)(H,90,91)(H2,66,72,73)/t43-,57+/m0/s1. The fourth-order valence-corrected chi connectivity index (χ4v) is 16.0. The summed E-state index contributed by atoms with van der Waals surface area (Å²) in [4.78, 5) is 132. The van der Waals surface area contributed by atoms with Gasteiger partial charge in [0.05, 0.1) is 65.3 Å². The number of anilines is 2. The Morgan fingerprint density at radius 2 is 1.49 bits per heavy atom. The van der Waals surface area contributed by atoms with Crippen LogP contribution in [0.1, 0.15) is 102 Å². The average Bonchev–Trinajstić information content (AvgIpc) is 1.74. The maximum absolute atomic E-state index is 14.0. The van der Waals surface area contributed by atoms with Gasteiger partial charge < -0.3 is 79.8 Å². The molecule has 3 aliphatic heterocycles. The van der Waals surface area contributed by atoms with E-state index in [9.17, 15) is 76.8 Å². The van der Waals surface area contributed by atoms with Crippen molar-refractivity contribution in [1.82, 2.24) is 35.8 Å². The van der Waals surface area contributed by atoms with Gasteiger partial charge in [-0.1, -0.05) is 24.3 Å². The number of benzene rings is 5. The lowest BCUT2D eigenvalue weighted by atomic mass is 9.89. The number of nitrogens with two attached hydrogens (primary N) is 1. The number of aromatic hydroxyl groups is 1. The van der Waals surface area contributed by atoms with E-state index in [1.807, 2.05) is 56.3 Å². The van der Waals surface area contributed by atoms with E-state index >= 15 is 0 Å². The van der Waals surface area contributed by atoms with Crippen molar-refractivity contribution < 1.29 is 108 Å². The molecule has 4 unspecified atom stereocenters. The maximum Gasteiger partial charge on any atom is 0.490 e. The van der Waals surface area contributed by atoms with Gasteiger partial charge in [-0.15, -0.1) is 0 Å². The number of hydrogen-bond donors (Lipinski definition) is 11. The summed E-state index contributed by atoms with van der Waals surface area (Å²) in [6, 6.07) is 23.1. The van der Waals surface area contributed by atoms with E-state index in [0.29, 0.717) is 99.2 Å². The summed E-state index contributed by atoms with van der Waals surface area (Å²) in [5.74, 6) is 3.04. The molecule has 2 aromatic heterocycles. The van der Waals surface area contributed by atoms with E-state index < -0.39 is 79.3 Å². The summed E-state index contributed by atoms with van der Waals surface area (Å²) in [7, 11) is -18.2. The summed E-state index contributed by atoms with van der Waals surface area (Å²) in [5.41, 5.74) is 10.0. The number of nitrogen functional groups attached to an aromatic ring is 1. The van der Waals surface area contributed by atoms with Gasteiger partial charge in [0.25, 0.3) is 5.91 Å². The zero-order valence-corrected chi connectivity index (χ0v) is 59.0. The van der Waals surface area contributed by atoms with E-state index in [0.717, 1.165) is 5.69 Å². The topological polar surface area (TPSA) is 494 Å². The Hall–Kier alpha value is -9.51. The zero-order chi connectivity index (χ0) is 74.1. The fraction of sp³-hybridized carbons (Fsp3) is 0.308. The summed E-state index contributed by atoms with van der Waals surface area (Å²) in [6.45, 7) is 1.38. The number of fused-ring (bicyclic) bond motifs is 5. The van der Waals surface area contributed by atoms with Gasteiger partial charge in [0.1, 0.15) is 52.5 Å². The Kier molecular flexibility index (Phi) is 24.0. The lowest BCUT2D eigenvalue weighted by molar-refractivity contribution is -0.126. The largest absolute Gasteiger partial charge is 0.507 e. The highest BCUT2D eigenvalue weighted by atomic mass is 31.3. The van der Waals surface area contributed by atoms with E-state index in [1.165, 1.54) is 30.6 Å². The number of nitrogens with one attached hydrogen (secondary N) is 4. The Morgan fingerprint density at radius 1 is 0.767 bits per heavy atom. The molecule has 10 rings (SSSR count). The molecule has 0 spiro atoms. The smallest absolute Gasteiger partial charge is 0.490 e. The minimum Gasteiger partial charge on any atom is -0.507 e. The van der Waals surface area contributed by atoms with Crippen molar-refractivity contribution in [1.29, 1.82) is 0 Å². The Morgan fingerprint density at radius 3 is 2.22 bits per heavy atom. The molecule has 38 heteroatoms. The van der Waals surface area contributed by atoms with Crippen molar-refractivity contribution in [2.75, 3.05) is 58.1 Å². The number of phosphoric ester groups is 2. The molecule has 34 nitrogen and oxygen atoms in total. The van der Waals surface area contributed by atoms with Crippen LogP contribution in [0.15, 0.2) is 116 Å². The van der Waals surface area contributed by atoms with Crippen LogP contribution >= 0.6 is 31.3 Å². The molecule has 5 heterocycles. The molecule has 5 aliphatic rings. The number of rotatable bonds is 30. The second kappa shape index (κ2) is 32.4. The molecule has 1 fully saturated rings. The molecular formula is C65H70N10O24P4. The van der Waals surface area contributed by atoms with Crippen LogP contribution in [0.3, 0.4) is 0 Å². The first-order chi connectivity index (χ1) is 48.9. The highest BCUT2D eigenvalue weighted by Gasteiger charge is 2.46. The van der Waals surface area contributed by atoms with Crippen LogP contribution in [0.5, 0.6) is 5.75 Å². The Bertz CT molecular complexity index is 5130. The second-order valence-corrected chi connectivity index (χ2v) is 29.8. The molecule has 1 saturated heterocycles. The minimum absolute atomic E-state index is 0.0141. The molecule has 544 valence electrons. The number of aromatic nitrogens is 3. The molecule has 3 aromatic carbocycles. The number of hydrogen-bond acceptors (Lipinski definition) is 24. The van der Waals surface area contributed by atoms with Crippen LogP contribution in [-0.4, -0.2) is 127 Å². The van der Waals surface area contributed by atoms with Crippen LogP contribution in [-0.2, 0) is 72.4 Å². The number of carboxylic acids is 1. The number of aromatic carboxylic acids is 1. The molecule has 4 amide bonds. The van der Waals surface area contributed by atoms with E-state index in [2.05, 4.69) is 65.5 Å². The van der Waals surface area contributed by atoms with Gasteiger partial charge in [-0.3, -0.25) is 38.0 Å². The summed E-state index contributed by atoms with van der Waals surface area (Å²) in [6.07, 6.45) is 2.87. The van der Waals surface area contributed by atoms with E-state index in [1.54, 1.807) is 41.1 Å². The first kappa shape index (κ1) is 76.1. The van der Waals surface area contributed by atoms with Crippen LogP contribution in [0.4, 0.5) is 11.5 Å². The summed E-state index contributed by atoms with van der Waals surface area (Å²) < 4.78 is 88.4. The van der Waals surface area contributed by atoms with Gasteiger partial charge in [0.15, 0.2) is 5.43 Å². The van der Waals surface area contributed by atoms with Crippen LogP contribution < -0.4 is 42.7 Å². The average molecular weight is 1500 g/mol. The van der Waals surface area contributed by atoms with Gasteiger partial charge in [-0.25, -0.2) is 33.0 Å². The number of carbonyl (C=O) groups is 5. The van der Waals surface area contributed by atoms with Crippen molar-refractivity contribution in [3.63, 3.8) is 0 Å². The van der Waals surface area contributed by atoms with Crippen LogP contribution in [0.2, 0.25) is 0 Å². The lowest BCUT2D eigenvalue weighted by Crippen LogP contribution is -2.29. The third-order valence-electron chi connectivity index (χ3n) is 16.1. The number of phenolic OH excluding ortho intramolecular Hbond substituents is 1. The van der Waals surface area contributed by atoms with Gasteiger partial charge >= 0.3 is 37.3 Å². The third kappa shape index (κ3) is 19.0. The third-order valence-corrected chi connectivity index (χ3v) is 22.0. The molecule has 0 bridgehead atoms. The van der Waals surface area contributed by atoms with Crippen molar-refractivity contribution in [3.05, 3.63) is 141 Å². The minimum atomic E-state index is -5.96. The number of phenols is 1. The molecule has 6 atom stereocenters. The maximum atomic E-state index is 14.0. The first-order valence-corrected chi connectivity index (χ1v) is 37.6. The molecular weight excluding hydrogens is 1430 g/mol. The molecule has 0 saturated carbocycles. The van der Waals surface area contributed by atoms with Crippen molar-refractivity contribution in [2.24, 2.45) is 4.99 Å². The quantitative estimate of drug-likeness (QED) is 0.00876. The lowest BCUT2D eigenvalue weighted by Gasteiger charge is -2.20. The van der Waals surface area contributed by atoms with Crippen LogP contribution in [0, 0.1) is 11.8 Å². The van der Waals surface area contributed by atoms with Gasteiger partial charge in [0, 0.05) is 111 Å². The number of nitrogens with zero attached hydrogens (tertiary/aromatic N) is 5. The van der Waals surface area contributed by atoms with Gasteiger partial charge in [0.2, 0.25) is 17.7 Å². The number of phosphoric acid groups is 4. The highest BCUT2D eigenvalue weighted by molar-refractivity contribution is 7.69. The predicted octanol–water partition coefficient (Wildman–Crippen LogP) is 8.10. The van der Waals surface area contributed by atoms with E-state index in [-0.39, 0.29) is 109 Å². The molecule has 12 N–H and O–H groups in total. The monoisotopic (exact) mass is 1500 g/mol. The second-order valence-electron chi connectivity index (χ2n) is 23.5. The Labute approximate surface area is 585 Å². The Balaban J connectivity index is 0.668. The number of carboxylic acid groups (broad SMARTS) is 1. The van der Waals surface area contributed by atoms with Gasteiger partial charge in [-0.05, 0) is 105 Å². The van der Waals surface area contributed by atoms with Crippen molar-refractivity contribution >= 4 is 105 Å². The van der Waals surface area contributed by atoms with Crippen molar-refractivity contribution in [3.8, 4) is 51.4 Å². The normalized spacial score (nSPS) is 16.3.